The van der Waals surface area contributed by atoms with E-state index in [2.05, 4.69) is 10.2 Å². The van der Waals surface area contributed by atoms with E-state index in [1.807, 2.05) is 4.90 Å². The highest BCUT2D eigenvalue weighted by Crippen LogP contribution is 2.31. The molecule has 30 heavy (non-hydrogen) atoms. The smallest absolute Gasteiger partial charge is 0.263 e. The molecular formula is C22H32N4O4. The summed E-state index contributed by atoms with van der Waals surface area (Å²) in [5.74, 6) is 1.07. The monoisotopic (exact) mass is 416 g/mol. The van der Waals surface area contributed by atoms with Crippen molar-refractivity contribution in [2.75, 3.05) is 45.9 Å². The maximum atomic E-state index is 12.4. The second-order valence-electron chi connectivity index (χ2n) is 8.97. The van der Waals surface area contributed by atoms with Crippen LogP contribution in [0, 0.1) is 11.8 Å². The van der Waals surface area contributed by atoms with E-state index in [1.54, 1.807) is 19.3 Å². The number of ether oxygens (including phenoxy) is 1. The summed E-state index contributed by atoms with van der Waals surface area (Å²) in [5.41, 5.74) is -0.217. The molecule has 1 aromatic heterocycles. The van der Waals surface area contributed by atoms with Gasteiger partial charge in [-0.25, -0.2) is 0 Å². The predicted octanol–water partition coefficient (Wildman–Crippen LogP) is 0.465. The molecule has 0 aromatic carbocycles. The van der Waals surface area contributed by atoms with E-state index >= 15 is 0 Å². The van der Waals surface area contributed by atoms with Crippen LogP contribution in [0.4, 0.5) is 0 Å². The Morgan fingerprint density at radius 3 is 2.60 bits per heavy atom. The van der Waals surface area contributed by atoms with E-state index < -0.39 is 5.91 Å². The Kier molecular flexibility index (Phi) is 6.53. The summed E-state index contributed by atoms with van der Waals surface area (Å²) >= 11 is 0. The van der Waals surface area contributed by atoms with E-state index in [-0.39, 0.29) is 36.3 Å². The van der Waals surface area contributed by atoms with E-state index in [4.69, 9.17) is 4.74 Å². The molecule has 3 fully saturated rings. The van der Waals surface area contributed by atoms with Gasteiger partial charge in [0.05, 0.1) is 6.10 Å². The highest BCUT2D eigenvalue weighted by molar-refractivity contribution is 5.93. The summed E-state index contributed by atoms with van der Waals surface area (Å²) in [5, 5.41) is 2.78. The second-order valence-corrected chi connectivity index (χ2v) is 8.97. The lowest BCUT2D eigenvalue weighted by Crippen LogP contribution is -2.52. The minimum atomic E-state index is -0.411. The standard InChI is InChI=1S/C22H32N4O4/c1-24-8-2-3-19(22(24)29)21(28)23-11-18-14-26(20(27)15-30-18)13-17-6-9-25(10-7-17)12-16-4-5-16/h2-3,8,16-18H,4-7,9-15H2,1H3,(H,23,28)/t18-/m0/s1. The number of amides is 2. The molecule has 1 aliphatic carbocycles. The third-order valence-corrected chi connectivity index (χ3v) is 6.48. The number of rotatable bonds is 7. The zero-order valence-corrected chi connectivity index (χ0v) is 17.7. The molecule has 3 heterocycles. The molecule has 3 aliphatic rings. The lowest BCUT2D eigenvalue weighted by atomic mass is 9.95. The van der Waals surface area contributed by atoms with Crippen LogP contribution in [-0.2, 0) is 16.6 Å². The zero-order valence-electron chi connectivity index (χ0n) is 17.7. The fourth-order valence-corrected chi connectivity index (χ4v) is 4.38. The number of piperidine rings is 1. The van der Waals surface area contributed by atoms with Gasteiger partial charge >= 0.3 is 0 Å². The molecule has 1 aromatic rings. The van der Waals surface area contributed by atoms with Crippen LogP contribution in [0.2, 0.25) is 0 Å². The quantitative estimate of drug-likeness (QED) is 0.698. The Balaban J connectivity index is 1.24. The first-order chi connectivity index (χ1) is 14.5. The van der Waals surface area contributed by atoms with Gasteiger partial charge in [-0.3, -0.25) is 14.4 Å². The van der Waals surface area contributed by atoms with Crippen molar-refractivity contribution in [1.29, 1.82) is 0 Å². The number of nitrogens with one attached hydrogen (secondary N) is 1. The minimum absolute atomic E-state index is 0.0231. The minimum Gasteiger partial charge on any atom is -0.365 e. The molecule has 8 heteroatoms. The van der Waals surface area contributed by atoms with Gasteiger partial charge in [0, 0.05) is 39.4 Å². The Labute approximate surface area is 177 Å². The van der Waals surface area contributed by atoms with Crippen LogP contribution in [0.15, 0.2) is 23.1 Å². The number of pyridine rings is 1. The van der Waals surface area contributed by atoms with Gasteiger partial charge in [0.2, 0.25) is 5.91 Å². The zero-order chi connectivity index (χ0) is 21.1. The molecule has 0 bridgehead atoms. The summed E-state index contributed by atoms with van der Waals surface area (Å²) in [6.07, 6.45) is 6.40. The van der Waals surface area contributed by atoms with Crippen LogP contribution < -0.4 is 10.9 Å². The Morgan fingerprint density at radius 1 is 1.13 bits per heavy atom. The first-order valence-electron chi connectivity index (χ1n) is 11.0. The number of morpholine rings is 1. The fraction of sp³-hybridized carbons (Fsp3) is 0.682. The van der Waals surface area contributed by atoms with Gasteiger partial charge in [0.15, 0.2) is 0 Å². The molecule has 2 amide bonds. The fourth-order valence-electron chi connectivity index (χ4n) is 4.38. The van der Waals surface area contributed by atoms with Crippen molar-refractivity contribution < 1.29 is 14.3 Å². The molecule has 0 spiro atoms. The van der Waals surface area contributed by atoms with Gasteiger partial charge < -0.3 is 24.4 Å². The molecule has 2 aliphatic heterocycles. The molecular weight excluding hydrogens is 384 g/mol. The van der Waals surface area contributed by atoms with Gasteiger partial charge in [-0.05, 0) is 62.7 Å². The van der Waals surface area contributed by atoms with Gasteiger partial charge in [-0.15, -0.1) is 0 Å². The summed E-state index contributed by atoms with van der Waals surface area (Å²) in [6, 6.07) is 3.19. The largest absolute Gasteiger partial charge is 0.365 e. The van der Waals surface area contributed by atoms with Gasteiger partial charge in [-0.2, -0.15) is 0 Å². The third-order valence-electron chi connectivity index (χ3n) is 6.48. The summed E-state index contributed by atoms with van der Waals surface area (Å²) < 4.78 is 7.00. The number of carbonyl (C=O) groups is 2. The SMILES string of the molecule is Cn1cccc(C(=O)NC[C@H]2CN(CC3CCN(CC4CC4)CC3)C(=O)CO2)c1=O. The summed E-state index contributed by atoms with van der Waals surface area (Å²) in [4.78, 5) is 41.2. The Hall–Kier alpha value is -2.19. The van der Waals surface area contributed by atoms with Crippen molar-refractivity contribution in [2.24, 2.45) is 18.9 Å². The van der Waals surface area contributed by atoms with Crippen molar-refractivity contribution in [1.82, 2.24) is 19.7 Å². The third kappa shape index (κ3) is 5.29. The molecule has 1 N–H and O–H groups in total. The van der Waals surface area contributed by atoms with Crippen molar-refractivity contribution in [3.63, 3.8) is 0 Å². The number of carbonyl (C=O) groups excluding carboxylic acids is 2. The first-order valence-corrected chi connectivity index (χ1v) is 11.0. The summed E-state index contributed by atoms with van der Waals surface area (Å²) in [7, 11) is 1.61. The highest BCUT2D eigenvalue weighted by atomic mass is 16.5. The number of hydrogen-bond acceptors (Lipinski definition) is 5. The number of nitrogens with zero attached hydrogens (tertiary/aromatic N) is 3. The van der Waals surface area contributed by atoms with Gasteiger partial charge in [0.25, 0.3) is 11.5 Å². The van der Waals surface area contributed by atoms with Crippen molar-refractivity contribution >= 4 is 11.8 Å². The normalized spacial score (nSPS) is 23.6. The second kappa shape index (κ2) is 9.31. The van der Waals surface area contributed by atoms with Crippen LogP contribution in [-0.4, -0.2) is 78.2 Å². The topological polar surface area (TPSA) is 83.9 Å². The molecule has 0 radical (unpaired) electrons. The molecule has 2 saturated heterocycles. The highest BCUT2D eigenvalue weighted by Gasteiger charge is 2.31. The van der Waals surface area contributed by atoms with Crippen LogP contribution in [0.5, 0.6) is 0 Å². The van der Waals surface area contributed by atoms with Crippen molar-refractivity contribution in [3.8, 4) is 0 Å². The van der Waals surface area contributed by atoms with Crippen molar-refractivity contribution in [3.05, 3.63) is 34.2 Å². The Bertz CT molecular complexity index is 827. The molecule has 4 rings (SSSR count). The predicted molar refractivity (Wildman–Crippen MR) is 112 cm³/mol. The van der Waals surface area contributed by atoms with E-state index in [0.29, 0.717) is 12.5 Å². The molecule has 0 unspecified atom stereocenters. The number of aryl methyl sites for hydroxylation is 1. The average Bonchev–Trinajstić information content (AvgIpc) is 3.56. The number of likely N-dealkylation sites (tertiary alicyclic amines) is 1. The average molecular weight is 417 g/mol. The van der Waals surface area contributed by atoms with Crippen LogP contribution >= 0.6 is 0 Å². The van der Waals surface area contributed by atoms with Crippen LogP contribution in [0.1, 0.15) is 36.0 Å². The van der Waals surface area contributed by atoms with Crippen LogP contribution in [0.3, 0.4) is 0 Å². The lowest BCUT2D eigenvalue weighted by molar-refractivity contribution is -0.149. The summed E-state index contributed by atoms with van der Waals surface area (Å²) in [6.45, 7) is 5.08. The number of aromatic nitrogens is 1. The Morgan fingerprint density at radius 2 is 1.87 bits per heavy atom. The molecule has 8 nitrogen and oxygen atoms in total. The molecule has 164 valence electrons. The number of hydrogen-bond donors (Lipinski definition) is 1. The lowest BCUT2D eigenvalue weighted by Gasteiger charge is -2.38. The maximum absolute atomic E-state index is 12.4. The van der Waals surface area contributed by atoms with Crippen molar-refractivity contribution in [2.45, 2.75) is 31.8 Å². The van der Waals surface area contributed by atoms with E-state index in [9.17, 15) is 14.4 Å². The maximum Gasteiger partial charge on any atom is 0.263 e. The first kappa shape index (κ1) is 21.1. The van der Waals surface area contributed by atoms with Gasteiger partial charge in [-0.1, -0.05) is 0 Å². The van der Waals surface area contributed by atoms with E-state index in [1.165, 1.54) is 30.0 Å². The van der Waals surface area contributed by atoms with Gasteiger partial charge in [0.1, 0.15) is 12.2 Å². The van der Waals surface area contributed by atoms with Crippen LogP contribution in [0.25, 0.3) is 0 Å². The van der Waals surface area contributed by atoms with E-state index in [0.717, 1.165) is 38.4 Å². The molecule has 1 atom stereocenters. The molecule has 1 saturated carbocycles.